The third-order valence-corrected chi connectivity index (χ3v) is 7.06. The van der Waals surface area contributed by atoms with Gasteiger partial charge in [0.2, 0.25) is 0 Å². The van der Waals surface area contributed by atoms with Crippen molar-refractivity contribution >= 4 is 17.5 Å². The van der Waals surface area contributed by atoms with Gasteiger partial charge in [-0.3, -0.25) is 4.79 Å². The molecule has 1 aromatic rings. The Morgan fingerprint density at radius 3 is 2.67 bits per heavy atom. The van der Waals surface area contributed by atoms with E-state index in [1.54, 1.807) is 0 Å². The fourth-order valence-corrected chi connectivity index (χ4v) is 5.37. The van der Waals surface area contributed by atoms with E-state index in [4.69, 9.17) is 16.3 Å². The summed E-state index contributed by atoms with van der Waals surface area (Å²) in [5.41, 5.74) is 2.08. The normalized spacial score (nSPS) is 22.9. The fourth-order valence-electron chi connectivity index (χ4n) is 5.17. The molecule has 3 rings (SSSR count). The standard InChI is InChI=1S/C24H37ClN2O2.CH4/c1-26-13-5-15-29-14-4-8-19-9-10-22(25)21(16-19)23(28)27-18-24-11-2-6-20(17-24)7-3-12-24;/h9-10,16,20,26H,2-8,11-15,17-18H2,1H3,(H,27,28);1H4. The Hall–Kier alpha value is -1.10. The third-order valence-electron chi connectivity index (χ3n) is 6.73. The van der Waals surface area contributed by atoms with Crippen molar-refractivity contribution in [2.24, 2.45) is 11.3 Å². The summed E-state index contributed by atoms with van der Waals surface area (Å²) in [6.45, 7) is 3.32. The molecule has 4 nitrogen and oxygen atoms in total. The van der Waals surface area contributed by atoms with Crippen LogP contribution in [0.5, 0.6) is 0 Å². The lowest BCUT2D eigenvalue weighted by Gasteiger charge is -2.45. The van der Waals surface area contributed by atoms with Crippen molar-refractivity contribution in [1.29, 1.82) is 0 Å². The molecule has 0 unspecified atom stereocenters. The molecule has 170 valence electrons. The number of benzene rings is 1. The minimum Gasteiger partial charge on any atom is -0.381 e. The van der Waals surface area contributed by atoms with Gasteiger partial charge >= 0.3 is 0 Å². The zero-order valence-electron chi connectivity index (χ0n) is 17.9. The first-order valence-electron chi connectivity index (χ1n) is 11.4. The summed E-state index contributed by atoms with van der Waals surface area (Å²) in [6, 6.07) is 5.83. The molecule has 2 bridgehead atoms. The van der Waals surface area contributed by atoms with Crippen LogP contribution < -0.4 is 10.6 Å². The van der Waals surface area contributed by atoms with Gasteiger partial charge in [0.05, 0.1) is 10.6 Å². The predicted octanol–water partition coefficient (Wildman–Crippen LogP) is 5.63. The van der Waals surface area contributed by atoms with E-state index in [2.05, 4.69) is 10.6 Å². The van der Waals surface area contributed by atoms with Crippen LogP contribution in [0.3, 0.4) is 0 Å². The summed E-state index contributed by atoms with van der Waals surface area (Å²) in [6.07, 6.45) is 12.1. The zero-order chi connectivity index (χ0) is 20.5. The van der Waals surface area contributed by atoms with Gasteiger partial charge in [-0.05, 0) is 81.1 Å². The summed E-state index contributed by atoms with van der Waals surface area (Å²) < 4.78 is 5.66. The average Bonchev–Trinajstić information content (AvgIpc) is 2.72. The van der Waals surface area contributed by atoms with Crippen LogP contribution in [0.1, 0.15) is 81.1 Å². The summed E-state index contributed by atoms with van der Waals surface area (Å²) in [7, 11) is 1.95. The van der Waals surface area contributed by atoms with Gasteiger partial charge in [0, 0.05) is 19.8 Å². The van der Waals surface area contributed by atoms with E-state index in [1.165, 1.54) is 44.9 Å². The first kappa shape index (κ1) is 25.2. The Morgan fingerprint density at radius 2 is 1.93 bits per heavy atom. The highest BCUT2D eigenvalue weighted by atomic mass is 35.5. The van der Waals surface area contributed by atoms with Crippen molar-refractivity contribution in [3.8, 4) is 0 Å². The van der Waals surface area contributed by atoms with Crippen LogP contribution in [0.2, 0.25) is 5.02 Å². The van der Waals surface area contributed by atoms with Gasteiger partial charge in [-0.1, -0.05) is 50.8 Å². The van der Waals surface area contributed by atoms with E-state index < -0.39 is 0 Å². The van der Waals surface area contributed by atoms with Crippen molar-refractivity contribution < 1.29 is 9.53 Å². The molecule has 2 saturated carbocycles. The third kappa shape index (κ3) is 7.25. The van der Waals surface area contributed by atoms with Crippen LogP contribution in [-0.4, -0.2) is 39.3 Å². The molecule has 30 heavy (non-hydrogen) atoms. The number of fused-ring (bicyclic) bond motifs is 2. The molecule has 0 aliphatic heterocycles. The molecule has 2 fully saturated rings. The highest BCUT2D eigenvalue weighted by molar-refractivity contribution is 6.33. The largest absolute Gasteiger partial charge is 0.381 e. The molecule has 0 radical (unpaired) electrons. The van der Waals surface area contributed by atoms with Crippen molar-refractivity contribution in [2.75, 3.05) is 33.4 Å². The van der Waals surface area contributed by atoms with Crippen LogP contribution in [0, 0.1) is 11.3 Å². The second-order valence-corrected chi connectivity index (χ2v) is 9.43. The van der Waals surface area contributed by atoms with Gasteiger partial charge in [-0.15, -0.1) is 0 Å². The number of nitrogens with one attached hydrogen (secondary N) is 2. The topological polar surface area (TPSA) is 50.4 Å². The number of carbonyl (C=O) groups is 1. The van der Waals surface area contributed by atoms with E-state index >= 15 is 0 Å². The molecule has 0 atom stereocenters. The van der Waals surface area contributed by atoms with E-state index in [9.17, 15) is 4.79 Å². The highest BCUT2D eigenvalue weighted by Gasteiger charge is 2.39. The van der Waals surface area contributed by atoms with E-state index in [0.29, 0.717) is 16.0 Å². The molecule has 5 heteroatoms. The number of aryl methyl sites for hydroxylation is 1. The molecular weight excluding hydrogens is 396 g/mol. The number of hydrogen-bond donors (Lipinski definition) is 2. The van der Waals surface area contributed by atoms with Crippen molar-refractivity contribution in [1.82, 2.24) is 10.6 Å². The quantitative estimate of drug-likeness (QED) is 0.442. The van der Waals surface area contributed by atoms with Crippen molar-refractivity contribution in [3.05, 3.63) is 34.3 Å². The van der Waals surface area contributed by atoms with Crippen LogP contribution >= 0.6 is 11.6 Å². The fraction of sp³-hybridized carbons (Fsp3) is 0.720. The average molecular weight is 437 g/mol. The predicted molar refractivity (Wildman–Crippen MR) is 126 cm³/mol. The number of carbonyl (C=O) groups excluding carboxylic acids is 1. The SMILES string of the molecule is C.CNCCCOCCCc1ccc(Cl)c(C(=O)NCC23CCCC(CCC2)C3)c1. The van der Waals surface area contributed by atoms with E-state index in [-0.39, 0.29) is 13.3 Å². The molecule has 0 spiro atoms. The van der Waals surface area contributed by atoms with Gasteiger partial charge < -0.3 is 15.4 Å². The van der Waals surface area contributed by atoms with Gasteiger partial charge in [0.25, 0.3) is 5.91 Å². The maximum atomic E-state index is 12.9. The van der Waals surface area contributed by atoms with Gasteiger partial charge in [-0.25, -0.2) is 0 Å². The lowest BCUT2D eigenvalue weighted by Crippen LogP contribution is -2.43. The zero-order valence-corrected chi connectivity index (χ0v) is 18.7. The molecule has 1 aromatic carbocycles. The minimum absolute atomic E-state index is 0. The molecule has 0 saturated heterocycles. The van der Waals surface area contributed by atoms with Crippen LogP contribution in [0.4, 0.5) is 0 Å². The van der Waals surface area contributed by atoms with Gasteiger partial charge in [-0.2, -0.15) is 0 Å². The Bertz CT molecular complexity index is 655. The first-order valence-corrected chi connectivity index (χ1v) is 11.8. The van der Waals surface area contributed by atoms with Gasteiger partial charge in [0.15, 0.2) is 0 Å². The maximum absolute atomic E-state index is 12.9. The molecule has 2 aliphatic rings. The van der Waals surface area contributed by atoms with Crippen molar-refractivity contribution in [2.45, 2.75) is 71.6 Å². The van der Waals surface area contributed by atoms with Crippen LogP contribution in [0.15, 0.2) is 18.2 Å². The second kappa shape index (κ2) is 12.7. The summed E-state index contributed by atoms with van der Waals surface area (Å²) in [5, 5.41) is 6.88. The summed E-state index contributed by atoms with van der Waals surface area (Å²) in [4.78, 5) is 12.9. The summed E-state index contributed by atoms with van der Waals surface area (Å²) in [5.74, 6) is 0.851. The Morgan fingerprint density at radius 1 is 1.20 bits per heavy atom. The van der Waals surface area contributed by atoms with E-state index in [1.807, 2.05) is 25.2 Å². The minimum atomic E-state index is -0.0257. The number of halogens is 1. The van der Waals surface area contributed by atoms with Gasteiger partial charge in [0.1, 0.15) is 0 Å². The molecule has 2 N–H and O–H groups in total. The Balaban J connectivity index is 0.00000320. The highest BCUT2D eigenvalue weighted by Crippen LogP contribution is 2.48. The lowest BCUT2D eigenvalue weighted by atomic mass is 9.62. The Kier molecular flexibility index (Phi) is 10.6. The van der Waals surface area contributed by atoms with Crippen LogP contribution in [-0.2, 0) is 11.2 Å². The summed E-state index contributed by atoms with van der Waals surface area (Å²) >= 11 is 6.36. The monoisotopic (exact) mass is 436 g/mol. The van der Waals surface area contributed by atoms with Crippen LogP contribution in [0.25, 0.3) is 0 Å². The number of amides is 1. The lowest BCUT2D eigenvalue weighted by molar-refractivity contribution is 0.0681. The molecule has 1 amide bonds. The maximum Gasteiger partial charge on any atom is 0.252 e. The molecule has 2 aliphatic carbocycles. The van der Waals surface area contributed by atoms with E-state index in [0.717, 1.165) is 57.0 Å². The smallest absolute Gasteiger partial charge is 0.252 e. The molecular formula is C25H41ClN2O2. The Labute approximate surface area is 188 Å². The number of rotatable bonds is 11. The number of hydrogen-bond acceptors (Lipinski definition) is 3. The second-order valence-electron chi connectivity index (χ2n) is 9.02. The number of ether oxygens (including phenoxy) is 1. The molecule has 0 heterocycles. The molecule has 0 aromatic heterocycles. The first-order chi connectivity index (χ1) is 14.1. The van der Waals surface area contributed by atoms with Crippen molar-refractivity contribution in [3.63, 3.8) is 0 Å².